The van der Waals surface area contributed by atoms with Crippen LogP contribution in [0.1, 0.15) is 11.1 Å². The van der Waals surface area contributed by atoms with Crippen molar-refractivity contribution >= 4 is 17.4 Å². The fraction of sp³-hybridized carbons (Fsp3) is 0.188. The lowest BCUT2D eigenvalue weighted by molar-refractivity contribution is -0.120. The van der Waals surface area contributed by atoms with Gasteiger partial charge in [0.25, 0.3) is 0 Å². The number of rotatable bonds is 5. The highest BCUT2D eigenvalue weighted by atomic mass is 35.5. The molecule has 0 aliphatic carbocycles. The second kappa shape index (κ2) is 6.53. The first-order chi connectivity index (χ1) is 9.56. The van der Waals surface area contributed by atoms with E-state index in [-0.39, 0.29) is 24.6 Å². The first kappa shape index (κ1) is 14.5. The van der Waals surface area contributed by atoms with Crippen LogP contribution in [-0.2, 0) is 11.2 Å². The summed E-state index contributed by atoms with van der Waals surface area (Å²) in [5, 5.41) is 0.618. The van der Waals surface area contributed by atoms with Crippen LogP contribution in [0.2, 0.25) is 5.02 Å². The molecule has 2 aromatic carbocycles. The first-order valence-corrected chi connectivity index (χ1v) is 6.58. The Morgan fingerprint density at radius 2 is 2.00 bits per heavy atom. The molecular weight excluding hydrogens is 279 g/mol. The van der Waals surface area contributed by atoms with Crippen LogP contribution in [-0.4, -0.2) is 12.4 Å². The predicted molar refractivity (Wildman–Crippen MR) is 76.8 cm³/mol. The molecule has 0 aromatic heterocycles. The van der Waals surface area contributed by atoms with E-state index in [2.05, 4.69) is 0 Å². The molecule has 0 heterocycles. The van der Waals surface area contributed by atoms with Gasteiger partial charge in [0.05, 0.1) is 0 Å². The Morgan fingerprint density at radius 3 is 2.70 bits per heavy atom. The third-order valence-corrected chi connectivity index (χ3v) is 3.11. The number of benzene rings is 2. The highest BCUT2D eigenvalue weighted by molar-refractivity contribution is 6.30. The van der Waals surface area contributed by atoms with Crippen molar-refractivity contribution in [3.63, 3.8) is 0 Å². The molecule has 0 N–H and O–H groups in total. The normalized spacial score (nSPS) is 10.3. The molecule has 4 heteroatoms. The van der Waals surface area contributed by atoms with Crippen molar-refractivity contribution in [1.82, 2.24) is 0 Å². The molecule has 104 valence electrons. The molecule has 20 heavy (non-hydrogen) atoms. The molecule has 0 aliphatic rings. The fourth-order valence-corrected chi connectivity index (χ4v) is 2.06. The van der Waals surface area contributed by atoms with E-state index in [0.717, 1.165) is 5.56 Å². The highest BCUT2D eigenvalue weighted by Gasteiger charge is 2.09. The topological polar surface area (TPSA) is 26.3 Å². The van der Waals surface area contributed by atoms with E-state index in [1.165, 1.54) is 6.07 Å². The Labute approximate surface area is 122 Å². The van der Waals surface area contributed by atoms with Crippen LogP contribution in [0.25, 0.3) is 0 Å². The molecule has 0 saturated carbocycles. The number of ketones is 1. The lowest BCUT2D eigenvalue weighted by Crippen LogP contribution is -2.15. The molecule has 0 fully saturated rings. The Bertz CT molecular complexity index is 626. The van der Waals surface area contributed by atoms with Crippen LogP contribution in [0.4, 0.5) is 4.39 Å². The minimum Gasteiger partial charge on any atom is -0.486 e. The van der Waals surface area contributed by atoms with Gasteiger partial charge in [-0.15, -0.1) is 0 Å². The summed E-state index contributed by atoms with van der Waals surface area (Å²) in [6.07, 6.45) is 0.0271. The summed E-state index contributed by atoms with van der Waals surface area (Å²) >= 11 is 5.84. The number of aryl methyl sites for hydroxylation is 1. The van der Waals surface area contributed by atoms with Gasteiger partial charge in [-0.1, -0.05) is 29.8 Å². The average Bonchev–Trinajstić information content (AvgIpc) is 2.40. The van der Waals surface area contributed by atoms with Gasteiger partial charge in [0.1, 0.15) is 18.2 Å². The number of halogens is 2. The van der Waals surface area contributed by atoms with Crippen molar-refractivity contribution < 1.29 is 13.9 Å². The van der Waals surface area contributed by atoms with Crippen LogP contribution in [0, 0.1) is 12.7 Å². The lowest BCUT2D eigenvalue weighted by atomic mass is 10.1. The van der Waals surface area contributed by atoms with E-state index in [4.69, 9.17) is 16.3 Å². The van der Waals surface area contributed by atoms with E-state index < -0.39 is 0 Å². The summed E-state index contributed by atoms with van der Waals surface area (Å²) in [6, 6.07) is 11.4. The maximum atomic E-state index is 13.4. The van der Waals surface area contributed by atoms with Crippen LogP contribution >= 0.6 is 11.6 Å². The Kier molecular flexibility index (Phi) is 4.74. The summed E-state index contributed by atoms with van der Waals surface area (Å²) in [5.74, 6) is 0.0595. The minimum absolute atomic E-state index is 0.0271. The number of hydrogen-bond donors (Lipinski definition) is 0. The van der Waals surface area contributed by atoms with Gasteiger partial charge in [-0.05, 0) is 42.3 Å². The molecule has 2 aromatic rings. The molecule has 0 bridgehead atoms. The van der Waals surface area contributed by atoms with Gasteiger partial charge in [-0.2, -0.15) is 0 Å². The summed E-state index contributed by atoms with van der Waals surface area (Å²) < 4.78 is 18.8. The van der Waals surface area contributed by atoms with E-state index in [1.807, 2.05) is 6.92 Å². The zero-order chi connectivity index (χ0) is 14.5. The van der Waals surface area contributed by atoms with E-state index in [9.17, 15) is 9.18 Å². The SMILES string of the molecule is Cc1cc(Cl)ccc1OCC(=O)Cc1ccccc1F. The largest absolute Gasteiger partial charge is 0.486 e. The number of hydrogen-bond acceptors (Lipinski definition) is 2. The zero-order valence-corrected chi connectivity index (χ0v) is 11.8. The molecule has 0 unspecified atom stereocenters. The van der Waals surface area contributed by atoms with Gasteiger partial charge in [-0.25, -0.2) is 4.39 Å². The van der Waals surface area contributed by atoms with Crippen molar-refractivity contribution in [1.29, 1.82) is 0 Å². The Balaban J connectivity index is 1.94. The average molecular weight is 293 g/mol. The van der Waals surface area contributed by atoms with Crippen LogP contribution in [0.3, 0.4) is 0 Å². The van der Waals surface area contributed by atoms with Crippen molar-refractivity contribution in [2.24, 2.45) is 0 Å². The predicted octanol–water partition coefficient (Wildman–Crippen LogP) is 3.98. The number of ether oxygens (including phenoxy) is 1. The molecule has 2 rings (SSSR count). The third kappa shape index (κ3) is 3.81. The molecular formula is C16H14ClFO2. The molecule has 0 spiro atoms. The Hall–Kier alpha value is -1.87. The lowest BCUT2D eigenvalue weighted by Gasteiger charge is -2.09. The zero-order valence-electron chi connectivity index (χ0n) is 11.0. The number of carbonyl (C=O) groups is 1. The van der Waals surface area contributed by atoms with Gasteiger partial charge in [-0.3, -0.25) is 4.79 Å². The minimum atomic E-state index is -0.372. The molecule has 0 radical (unpaired) electrons. The van der Waals surface area contributed by atoms with E-state index in [1.54, 1.807) is 36.4 Å². The van der Waals surface area contributed by atoms with Gasteiger partial charge in [0.2, 0.25) is 0 Å². The molecule has 0 aliphatic heterocycles. The van der Waals surface area contributed by atoms with E-state index in [0.29, 0.717) is 16.3 Å². The molecule has 0 atom stereocenters. The number of carbonyl (C=O) groups excluding carboxylic acids is 1. The smallest absolute Gasteiger partial charge is 0.174 e. The highest BCUT2D eigenvalue weighted by Crippen LogP contribution is 2.21. The molecule has 0 amide bonds. The maximum absolute atomic E-state index is 13.4. The van der Waals surface area contributed by atoms with Crippen molar-refractivity contribution in [2.45, 2.75) is 13.3 Å². The third-order valence-electron chi connectivity index (χ3n) is 2.87. The van der Waals surface area contributed by atoms with Gasteiger partial charge >= 0.3 is 0 Å². The first-order valence-electron chi connectivity index (χ1n) is 6.20. The fourth-order valence-electron chi connectivity index (χ4n) is 1.84. The summed E-state index contributed by atoms with van der Waals surface area (Å²) in [6.45, 7) is 1.76. The van der Waals surface area contributed by atoms with Gasteiger partial charge < -0.3 is 4.74 Å². The van der Waals surface area contributed by atoms with Crippen LogP contribution in [0.5, 0.6) is 5.75 Å². The Morgan fingerprint density at radius 1 is 1.25 bits per heavy atom. The summed E-state index contributed by atoms with van der Waals surface area (Å²) in [4.78, 5) is 11.8. The van der Waals surface area contributed by atoms with Gasteiger partial charge in [0, 0.05) is 11.4 Å². The van der Waals surface area contributed by atoms with Gasteiger partial charge in [0.15, 0.2) is 5.78 Å². The summed E-state index contributed by atoms with van der Waals surface area (Å²) in [5.41, 5.74) is 1.24. The van der Waals surface area contributed by atoms with Crippen molar-refractivity contribution in [3.05, 3.63) is 64.4 Å². The molecule has 0 saturated heterocycles. The summed E-state index contributed by atoms with van der Waals surface area (Å²) in [7, 11) is 0. The standard InChI is InChI=1S/C16H14ClFO2/c1-11-8-13(17)6-7-16(11)20-10-14(19)9-12-4-2-3-5-15(12)18/h2-8H,9-10H2,1H3. The second-order valence-corrected chi connectivity index (χ2v) is 4.94. The van der Waals surface area contributed by atoms with Crippen LogP contribution < -0.4 is 4.74 Å². The number of Topliss-reactive ketones (excluding diaryl/α,β-unsaturated/α-hetero) is 1. The van der Waals surface area contributed by atoms with Crippen molar-refractivity contribution in [3.8, 4) is 5.75 Å². The monoisotopic (exact) mass is 292 g/mol. The molecule has 2 nitrogen and oxygen atoms in total. The van der Waals surface area contributed by atoms with Crippen LogP contribution in [0.15, 0.2) is 42.5 Å². The second-order valence-electron chi connectivity index (χ2n) is 4.51. The van der Waals surface area contributed by atoms with Crippen molar-refractivity contribution in [2.75, 3.05) is 6.61 Å². The quantitative estimate of drug-likeness (QED) is 0.833. The maximum Gasteiger partial charge on any atom is 0.174 e. The van der Waals surface area contributed by atoms with E-state index >= 15 is 0 Å².